The molecule has 1 aliphatic heterocycles. The number of carbonyl (C=O) groups excluding carboxylic acids is 1. The molecular weight excluding hydrogens is 332 g/mol. The van der Waals surface area contributed by atoms with Crippen LogP contribution in [0.25, 0.3) is 11.5 Å². The molecule has 1 aromatic heterocycles. The Labute approximate surface area is 153 Å². The van der Waals surface area contributed by atoms with Gasteiger partial charge in [-0.2, -0.15) is 0 Å². The second-order valence-electron chi connectivity index (χ2n) is 6.78. The third-order valence-electron chi connectivity index (χ3n) is 4.64. The van der Waals surface area contributed by atoms with Crippen LogP contribution in [0, 0.1) is 13.8 Å². The summed E-state index contributed by atoms with van der Waals surface area (Å²) in [5, 5.41) is 10.8. The predicted molar refractivity (Wildman–Crippen MR) is 99.1 cm³/mol. The van der Waals surface area contributed by atoms with Crippen molar-refractivity contribution in [3.05, 3.63) is 29.7 Å². The van der Waals surface area contributed by atoms with Crippen LogP contribution < -0.4 is 5.32 Å². The summed E-state index contributed by atoms with van der Waals surface area (Å²) in [5.41, 5.74) is 2.51. The topological polar surface area (TPSA) is 80.5 Å². The Morgan fingerprint density at radius 1 is 1.35 bits per heavy atom. The minimum atomic E-state index is -0.126. The number of aryl methyl sites for hydroxylation is 2. The third-order valence-corrected chi connectivity index (χ3v) is 4.64. The highest BCUT2D eigenvalue weighted by Gasteiger charge is 2.17. The van der Waals surface area contributed by atoms with E-state index < -0.39 is 0 Å². The maximum absolute atomic E-state index is 12.5. The van der Waals surface area contributed by atoms with Gasteiger partial charge in [-0.05, 0) is 50.3 Å². The van der Waals surface area contributed by atoms with E-state index in [1.807, 2.05) is 32.2 Å². The van der Waals surface area contributed by atoms with Crippen LogP contribution in [0.2, 0.25) is 0 Å². The molecule has 2 heterocycles. The lowest BCUT2D eigenvalue weighted by Crippen LogP contribution is -2.32. The summed E-state index contributed by atoms with van der Waals surface area (Å²) in [6.45, 7) is 5.28. The van der Waals surface area contributed by atoms with Gasteiger partial charge in [0.2, 0.25) is 11.8 Å². The average Bonchev–Trinajstić information content (AvgIpc) is 3.28. The Morgan fingerprint density at radius 2 is 2.19 bits per heavy atom. The van der Waals surface area contributed by atoms with Gasteiger partial charge in [-0.15, -0.1) is 10.2 Å². The number of ether oxygens (including phenoxy) is 1. The molecule has 0 bridgehead atoms. The van der Waals surface area contributed by atoms with Crippen molar-refractivity contribution in [2.24, 2.45) is 0 Å². The van der Waals surface area contributed by atoms with Gasteiger partial charge in [0, 0.05) is 38.4 Å². The molecule has 1 aliphatic rings. The average molecular weight is 358 g/mol. The molecule has 7 heteroatoms. The number of carbonyl (C=O) groups is 1. The van der Waals surface area contributed by atoms with Crippen molar-refractivity contribution in [3.8, 4) is 11.5 Å². The molecule has 7 nitrogen and oxygen atoms in total. The number of anilines is 1. The van der Waals surface area contributed by atoms with Gasteiger partial charge in [-0.3, -0.25) is 0 Å². The van der Waals surface area contributed by atoms with Gasteiger partial charge in [-0.1, -0.05) is 6.07 Å². The summed E-state index contributed by atoms with van der Waals surface area (Å²) in [6, 6.07) is 5.57. The number of aromatic nitrogens is 2. The van der Waals surface area contributed by atoms with Crippen LogP contribution >= 0.6 is 0 Å². The lowest BCUT2D eigenvalue weighted by Gasteiger charge is -2.20. The lowest BCUT2D eigenvalue weighted by atomic mass is 10.1. The highest BCUT2D eigenvalue weighted by molar-refractivity contribution is 5.90. The molecule has 1 unspecified atom stereocenters. The van der Waals surface area contributed by atoms with Gasteiger partial charge >= 0.3 is 6.03 Å². The smallest absolute Gasteiger partial charge is 0.321 e. The molecule has 0 spiro atoms. The Morgan fingerprint density at radius 3 is 2.88 bits per heavy atom. The zero-order chi connectivity index (χ0) is 18.5. The van der Waals surface area contributed by atoms with Crippen molar-refractivity contribution in [3.63, 3.8) is 0 Å². The molecule has 1 fully saturated rings. The predicted octanol–water partition coefficient (Wildman–Crippen LogP) is 3.78. The van der Waals surface area contributed by atoms with Gasteiger partial charge in [0.05, 0.1) is 6.10 Å². The summed E-state index contributed by atoms with van der Waals surface area (Å²) >= 11 is 0. The second kappa shape index (κ2) is 8.31. The van der Waals surface area contributed by atoms with E-state index in [9.17, 15) is 4.79 Å². The monoisotopic (exact) mass is 358 g/mol. The van der Waals surface area contributed by atoms with Crippen LogP contribution in [0.3, 0.4) is 0 Å². The van der Waals surface area contributed by atoms with Crippen molar-refractivity contribution in [1.29, 1.82) is 0 Å². The summed E-state index contributed by atoms with van der Waals surface area (Å²) in [7, 11) is 1.81. The van der Waals surface area contributed by atoms with Crippen molar-refractivity contribution >= 4 is 11.7 Å². The molecule has 1 N–H and O–H groups in total. The van der Waals surface area contributed by atoms with E-state index in [1.165, 1.54) is 0 Å². The van der Waals surface area contributed by atoms with Crippen LogP contribution in [0.5, 0.6) is 0 Å². The first-order valence-corrected chi connectivity index (χ1v) is 9.08. The molecule has 1 saturated heterocycles. The highest BCUT2D eigenvalue weighted by Crippen LogP contribution is 2.25. The largest absolute Gasteiger partial charge is 0.421 e. The lowest BCUT2D eigenvalue weighted by molar-refractivity contribution is 0.101. The Kier molecular flexibility index (Phi) is 5.88. The number of hydrogen-bond acceptors (Lipinski definition) is 5. The molecule has 2 aromatic rings. The van der Waals surface area contributed by atoms with Gasteiger partial charge in [-0.25, -0.2) is 4.79 Å². The van der Waals surface area contributed by atoms with Gasteiger partial charge < -0.3 is 19.4 Å². The van der Waals surface area contributed by atoms with E-state index in [0.717, 1.165) is 49.1 Å². The van der Waals surface area contributed by atoms with Crippen LogP contribution in [-0.2, 0) is 4.74 Å². The standard InChI is InChI=1S/C19H26N4O3/c1-13-8-9-15(18-22-21-14(2)26-18)12-17(13)20-19(24)23(3)10-4-6-16-7-5-11-25-16/h8-9,12,16H,4-7,10-11H2,1-3H3,(H,20,24). The molecule has 2 amide bonds. The van der Waals surface area contributed by atoms with Crippen LogP contribution in [-0.4, -0.2) is 47.4 Å². The van der Waals surface area contributed by atoms with Crippen LogP contribution in [0.1, 0.15) is 37.1 Å². The Hall–Kier alpha value is -2.41. The molecule has 0 aliphatic carbocycles. The summed E-state index contributed by atoms with van der Waals surface area (Å²) < 4.78 is 11.1. The van der Waals surface area contributed by atoms with Crippen molar-refractivity contribution in [2.45, 2.75) is 45.6 Å². The minimum absolute atomic E-state index is 0.126. The van der Waals surface area contributed by atoms with E-state index >= 15 is 0 Å². The van der Waals surface area contributed by atoms with Crippen LogP contribution in [0.15, 0.2) is 22.6 Å². The molecule has 0 radical (unpaired) electrons. The maximum Gasteiger partial charge on any atom is 0.321 e. The number of hydrogen-bond donors (Lipinski definition) is 1. The van der Waals surface area contributed by atoms with Crippen molar-refractivity contribution < 1.29 is 13.9 Å². The van der Waals surface area contributed by atoms with Gasteiger partial charge in [0.15, 0.2) is 0 Å². The molecule has 1 atom stereocenters. The Balaban J connectivity index is 1.57. The van der Waals surface area contributed by atoms with Gasteiger partial charge in [0.1, 0.15) is 0 Å². The maximum atomic E-state index is 12.5. The first-order chi connectivity index (χ1) is 12.5. The molecule has 0 saturated carbocycles. The SMILES string of the molecule is Cc1nnc(-c2ccc(C)c(NC(=O)N(C)CCCC3CCCO3)c2)o1. The highest BCUT2D eigenvalue weighted by atomic mass is 16.5. The van der Waals surface area contributed by atoms with Crippen molar-refractivity contribution in [2.75, 3.05) is 25.5 Å². The molecule has 26 heavy (non-hydrogen) atoms. The number of urea groups is 1. The zero-order valence-electron chi connectivity index (χ0n) is 15.6. The first kappa shape index (κ1) is 18.4. The quantitative estimate of drug-likeness (QED) is 0.850. The van der Waals surface area contributed by atoms with E-state index in [4.69, 9.17) is 9.15 Å². The van der Waals surface area contributed by atoms with E-state index in [1.54, 1.807) is 11.8 Å². The van der Waals surface area contributed by atoms with Crippen molar-refractivity contribution in [1.82, 2.24) is 15.1 Å². The number of rotatable bonds is 6. The number of nitrogens with one attached hydrogen (secondary N) is 1. The first-order valence-electron chi connectivity index (χ1n) is 9.08. The fraction of sp³-hybridized carbons (Fsp3) is 0.526. The van der Waals surface area contributed by atoms with E-state index in [-0.39, 0.29) is 6.03 Å². The summed E-state index contributed by atoms with van der Waals surface area (Å²) in [6.07, 6.45) is 4.59. The normalized spacial score (nSPS) is 16.7. The number of benzene rings is 1. The molecule has 3 rings (SSSR count). The molecule has 140 valence electrons. The van der Waals surface area contributed by atoms with Gasteiger partial charge in [0.25, 0.3) is 0 Å². The number of amides is 2. The summed E-state index contributed by atoms with van der Waals surface area (Å²) in [4.78, 5) is 14.2. The number of nitrogens with zero attached hydrogens (tertiary/aromatic N) is 3. The third kappa shape index (κ3) is 4.60. The van der Waals surface area contributed by atoms with E-state index in [2.05, 4.69) is 15.5 Å². The second-order valence-corrected chi connectivity index (χ2v) is 6.78. The minimum Gasteiger partial charge on any atom is -0.421 e. The van der Waals surface area contributed by atoms with Crippen LogP contribution in [0.4, 0.5) is 10.5 Å². The fourth-order valence-electron chi connectivity index (χ4n) is 3.04. The Bertz CT molecular complexity index is 753. The molecular formula is C19H26N4O3. The summed E-state index contributed by atoms with van der Waals surface area (Å²) in [5.74, 6) is 0.958. The van der Waals surface area contributed by atoms with E-state index in [0.29, 0.717) is 24.4 Å². The molecule has 1 aromatic carbocycles. The zero-order valence-corrected chi connectivity index (χ0v) is 15.6. The fourth-order valence-corrected chi connectivity index (χ4v) is 3.04.